The molecule has 1 aromatic carbocycles. The number of hydrogen-bond donors (Lipinski definition) is 4. The van der Waals surface area contributed by atoms with Crippen molar-refractivity contribution in [2.24, 2.45) is 28.1 Å². The van der Waals surface area contributed by atoms with Gasteiger partial charge in [-0.15, -0.1) is 0 Å². The molecule has 330 valence electrons. The molecule has 4 fully saturated rings. The van der Waals surface area contributed by atoms with Gasteiger partial charge in [-0.1, -0.05) is 45.9 Å². The van der Waals surface area contributed by atoms with Crippen molar-refractivity contribution in [3.8, 4) is 0 Å². The summed E-state index contributed by atoms with van der Waals surface area (Å²) in [4.78, 5) is 82.7. The van der Waals surface area contributed by atoms with Crippen LogP contribution in [0.25, 0.3) is 0 Å². The van der Waals surface area contributed by atoms with E-state index >= 15 is 4.79 Å². The lowest BCUT2D eigenvalue weighted by molar-refractivity contribution is -0.346. The molecule has 12 atom stereocenters. The van der Waals surface area contributed by atoms with E-state index in [1.54, 1.807) is 52.8 Å². The Morgan fingerprint density at radius 2 is 1.55 bits per heavy atom. The molecule has 16 heteroatoms. The highest BCUT2D eigenvalue weighted by atomic mass is 16.6. The number of ether oxygens (including phenoxy) is 6. The molecule has 1 aromatic rings. The zero-order valence-electron chi connectivity index (χ0n) is 36.2. The lowest BCUT2D eigenvalue weighted by Gasteiger charge is -2.67. The van der Waals surface area contributed by atoms with Crippen molar-refractivity contribution in [1.29, 1.82) is 0 Å². The summed E-state index contributed by atoms with van der Waals surface area (Å²) in [5.41, 5.74) is -8.79. The van der Waals surface area contributed by atoms with Crippen LogP contribution >= 0.6 is 0 Å². The molecular weight excluding hydrogens is 782 g/mol. The number of carbonyl (C=O) groups excluding carboxylic acids is 6. The van der Waals surface area contributed by atoms with Gasteiger partial charge in [0, 0.05) is 32.1 Å². The van der Waals surface area contributed by atoms with Crippen molar-refractivity contribution in [1.82, 2.24) is 5.32 Å². The first-order valence-electron chi connectivity index (χ1n) is 20.4. The predicted octanol–water partition coefficient (Wildman–Crippen LogP) is 3.50. The summed E-state index contributed by atoms with van der Waals surface area (Å²) in [6.07, 6.45) is -10.6. The Balaban J connectivity index is 1.53. The number of benzene rings is 1. The van der Waals surface area contributed by atoms with Gasteiger partial charge in [0.05, 0.1) is 35.6 Å². The number of alkyl carbamates (subject to hydrolysis) is 1. The van der Waals surface area contributed by atoms with Gasteiger partial charge >= 0.3 is 30.0 Å². The molecule has 1 saturated heterocycles. The Labute approximate surface area is 349 Å². The van der Waals surface area contributed by atoms with Gasteiger partial charge < -0.3 is 49.1 Å². The average Bonchev–Trinajstić information content (AvgIpc) is 3.77. The number of fused-ring (bicyclic) bond motifs is 5. The van der Waals surface area contributed by atoms with Crippen LogP contribution in [0.15, 0.2) is 41.5 Å². The minimum atomic E-state index is -2.37. The number of amides is 1. The van der Waals surface area contributed by atoms with Gasteiger partial charge in [0.25, 0.3) is 0 Å². The molecule has 4 N–H and O–H groups in total. The molecule has 5 aliphatic rings. The second kappa shape index (κ2) is 15.2. The van der Waals surface area contributed by atoms with Crippen molar-refractivity contribution in [3.63, 3.8) is 0 Å². The van der Waals surface area contributed by atoms with Crippen LogP contribution in [0.1, 0.15) is 106 Å². The van der Waals surface area contributed by atoms with Crippen LogP contribution < -0.4 is 5.32 Å². The summed E-state index contributed by atoms with van der Waals surface area (Å²) in [7, 11) is 0. The molecule has 2 unspecified atom stereocenters. The Morgan fingerprint density at radius 1 is 0.933 bits per heavy atom. The average molecular weight is 842 g/mol. The number of hydrogen-bond acceptors (Lipinski definition) is 15. The molecule has 6 rings (SSSR count). The first-order valence-corrected chi connectivity index (χ1v) is 20.4. The Kier molecular flexibility index (Phi) is 11.4. The molecule has 16 nitrogen and oxygen atoms in total. The molecule has 0 spiro atoms. The van der Waals surface area contributed by atoms with Crippen molar-refractivity contribution in [2.75, 3.05) is 6.61 Å². The van der Waals surface area contributed by atoms with E-state index in [0.717, 1.165) is 13.8 Å². The van der Waals surface area contributed by atoms with Crippen LogP contribution in [-0.4, -0.2) is 117 Å². The number of esters is 4. The second-order valence-electron chi connectivity index (χ2n) is 19.6. The normalized spacial score (nSPS) is 36.0. The van der Waals surface area contributed by atoms with Crippen molar-refractivity contribution >= 4 is 35.8 Å². The van der Waals surface area contributed by atoms with Gasteiger partial charge in [0.15, 0.2) is 23.6 Å². The monoisotopic (exact) mass is 841 g/mol. The second-order valence-corrected chi connectivity index (χ2v) is 19.6. The third-order valence-corrected chi connectivity index (χ3v) is 13.7. The maximum absolute atomic E-state index is 15.4. The Morgan fingerprint density at radius 3 is 2.07 bits per heavy atom. The summed E-state index contributed by atoms with van der Waals surface area (Å²) < 4.78 is 35.6. The van der Waals surface area contributed by atoms with Crippen molar-refractivity contribution in [2.45, 2.75) is 155 Å². The fraction of sp³-hybridized carbons (Fsp3) is 0.682. The zero-order valence-corrected chi connectivity index (χ0v) is 36.2. The van der Waals surface area contributed by atoms with Gasteiger partial charge in [0.2, 0.25) is 0 Å². The van der Waals surface area contributed by atoms with Crippen LogP contribution in [0.4, 0.5) is 4.79 Å². The molecule has 4 aliphatic carbocycles. The first-order chi connectivity index (χ1) is 27.6. The van der Waals surface area contributed by atoms with Crippen molar-refractivity contribution < 1.29 is 72.5 Å². The van der Waals surface area contributed by atoms with Crippen LogP contribution in [0.5, 0.6) is 0 Å². The van der Waals surface area contributed by atoms with E-state index in [1.165, 1.54) is 26.0 Å². The van der Waals surface area contributed by atoms with E-state index in [0.29, 0.717) is 6.42 Å². The largest absolute Gasteiger partial charge is 0.456 e. The summed E-state index contributed by atoms with van der Waals surface area (Å²) in [5.74, 6) is -6.51. The summed E-state index contributed by atoms with van der Waals surface area (Å²) >= 11 is 0. The van der Waals surface area contributed by atoms with E-state index in [2.05, 4.69) is 5.32 Å². The van der Waals surface area contributed by atoms with Crippen LogP contribution in [0.3, 0.4) is 0 Å². The van der Waals surface area contributed by atoms with Gasteiger partial charge in [0.1, 0.15) is 29.5 Å². The molecule has 60 heavy (non-hydrogen) atoms. The molecular formula is C44H59NO15. The number of aliphatic hydroxyl groups is 3. The Bertz CT molecular complexity index is 1970. The summed E-state index contributed by atoms with van der Waals surface area (Å²) in [6, 6.07) is 6.71. The molecule has 0 aromatic heterocycles. The van der Waals surface area contributed by atoms with E-state index in [4.69, 9.17) is 28.4 Å². The van der Waals surface area contributed by atoms with Crippen molar-refractivity contribution in [3.05, 3.63) is 47.0 Å². The maximum atomic E-state index is 15.4. The molecule has 1 amide bonds. The highest BCUT2D eigenvalue weighted by Gasteiger charge is 2.78. The minimum absolute atomic E-state index is 0.0108. The third-order valence-electron chi connectivity index (χ3n) is 13.7. The maximum Gasteiger partial charge on any atom is 0.407 e. The van der Waals surface area contributed by atoms with Crippen LogP contribution in [0, 0.1) is 28.1 Å². The quantitative estimate of drug-likeness (QED) is 0.158. The van der Waals surface area contributed by atoms with E-state index in [1.807, 2.05) is 13.8 Å². The summed E-state index contributed by atoms with van der Waals surface area (Å²) in [5, 5.41) is 40.0. The third kappa shape index (κ3) is 7.51. The molecule has 1 aliphatic heterocycles. The predicted molar refractivity (Wildman–Crippen MR) is 210 cm³/mol. The lowest BCUT2D eigenvalue weighted by atomic mass is 9.44. The van der Waals surface area contributed by atoms with Gasteiger partial charge in [-0.05, 0) is 75.7 Å². The van der Waals surface area contributed by atoms with Gasteiger partial charge in [-0.25, -0.2) is 14.4 Å². The Hall–Kier alpha value is -4.38. The smallest absolute Gasteiger partial charge is 0.407 e. The zero-order chi connectivity index (χ0) is 44.7. The fourth-order valence-corrected chi connectivity index (χ4v) is 10.3. The standard InChI is InChI=1S/C44H59NO15/c1-21-26(57-37(52)31(49)30(25-18-40(25,7)8)45-38(53)60-39(4,5)6)19-44(54)35(58-36(51)24-15-13-12-14-16-24)33-42(11,27(48)17-28-43(33,20-55-28)59-23(3)47)34(50)32(56-22(2)46)29(21)41(44,9)10/h12-16,25-28,30-33,35,48-49,54H,17-20H2,1-11H3,(H,45,53)/t25-,26+,27+,28-,30+,31-,32-,33?,35?,42-,43+,44-/m1/s1. The van der Waals surface area contributed by atoms with Gasteiger partial charge in [-0.2, -0.15) is 0 Å². The molecule has 1 heterocycles. The molecule has 2 bridgehead atoms. The fourth-order valence-electron chi connectivity index (χ4n) is 10.3. The SMILES string of the molecule is CC(=O)O[C@H]1C(=O)[C@@]2(C)C(C(OC(=O)c3ccccc3)[C@]3(O)C[C@H](OC(=O)[C@H](O)[C@@H](NC(=O)OC(C)(C)C)[C@H]4CC4(C)C)C(C)=C1C3(C)C)[C@]1(OC(C)=O)CO[C@@H]1C[C@@H]2O. The molecule has 3 saturated carbocycles. The van der Waals surface area contributed by atoms with Crippen LogP contribution in [-0.2, 0) is 47.6 Å². The number of carbonyl (C=O) groups is 6. The number of nitrogens with one attached hydrogen (secondary N) is 1. The van der Waals surface area contributed by atoms with E-state index in [-0.39, 0.29) is 41.1 Å². The number of Topliss-reactive ketones (excluding diaryl/α,β-unsaturated/α-hetero) is 1. The first kappa shape index (κ1) is 45.2. The highest BCUT2D eigenvalue weighted by molar-refractivity contribution is 5.95. The number of ketones is 1. The van der Waals surface area contributed by atoms with E-state index < -0.39 is 118 Å². The number of aliphatic hydroxyl groups excluding tert-OH is 2. The number of rotatable bonds is 9. The van der Waals surface area contributed by atoms with Gasteiger partial charge in [-0.3, -0.25) is 14.4 Å². The van der Waals surface area contributed by atoms with E-state index in [9.17, 15) is 39.3 Å². The molecule has 0 radical (unpaired) electrons. The minimum Gasteiger partial charge on any atom is -0.456 e. The lowest BCUT2D eigenvalue weighted by Crippen LogP contribution is -2.82. The summed E-state index contributed by atoms with van der Waals surface area (Å²) in [6.45, 7) is 16.8. The topological polar surface area (TPSA) is 231 Å². The van der Waals surface area contributed by atoms with Crippen LogP contribution in [0.2, 0.25) is 0 Å². The highest BCUT2D eigenvalue weighted by Crippen LogP contribution is 2.64.